The SMILES string of the molecule is CN(CC(=O)NC(N)=O)c1ccc(N)cc1. The topological polar surface area (TPSA) is 101 Å². The summed E-state index contributed by atoms with van der Waals surface area (Å²) in [6.45, 7) is 0.0485. The Hall–Kier alpha value is -2.24. The smallest absolute Gasteiger partial charge is 0.318 e. The van der Waals surface area contributed by atoms with Gasteiger partial charge < -0.3 is 16.4 Å². The molecule has 6 nitrogen and oxygen atoms in total. The van der Waals surface area contributed by atoms with Crippen molar-refractivity contribution in [2.45, 2.75) is 0 Å². The minimum atomic E-state index is -0.851. The monoisotopic (exact) mass is 222 g/mol. The molecule has 0 unspecified atom stereocenters. The van der Waals surface area contributed by atoms with Crippen molar-refractivity contribution in [2.75, 3.05) is 24.2 Å². The maximum Gasteiger partial charge on any atom is 0.318 e. The molecule has 0 fully saturated rings. The third-order valence-electron chi connectivity index (χ3n) is 1.98. The van der Waals surface area contributed by atoms with Crippen molar-refractivity contribution >= 4 is 23.3 Å². The third-order valence-corrected chi connectivity index (χ3v) is 1.98. The van der Waals surface area contributed by atoms with Crippen LogP contribution in [0.1, 0.15) is 0 Å². The van der Waals surface area contributed by atoms with Gasteiger partial charge in [-0.25, -0.2) is 4.79 Å². The van der Waals surface area contributed by atoms with Gasteiger partial charge in [-0.1, -0.05) is 0 Å². The van der Waals surface area contributed by atoms with E-state index in [0.717, 1.165) is 5.69 Å². The molecule has 0 saturated carbocycles. The van der Waals surface area contributed by atoms with Crippen LogP contribution in [0.15, 0.2) is 24.3 Å². The van der Waals surface area contributed by atoms with Crippen molar-refractivity contribution in [2.24, 2.45) is 5.73 Å². The van der Waals surface area contributed by atoms with Crippen LogP contribution in [0.5, 0.6) is 0 Å². The summed E-state index contributed by atoms with van der Waals surface area (Å²) in [4.78, 5) is 23.3. The van der Waals surface area contributed by atoms with Gasteiger partial charge in [-0.05, 0) is 24.3 Å². The molecule has 1 rings (SSSR count). The first-order valence-electron chi connectivity index (χ1n) is 4.65. The summed E-state index contributed by atoms with van der Waals surface area (Å²) >= 11 is 0. The highest BCUT2D eigenvalue weighted by atomic mass is 16.2. The van der Waals surface area contributed by atoms with Gasteiger partial charge in [0.15, 0.2) is 0 Å². The molecule has 5 N–H and O–H groups in total. The van der Waals surface area contributed by atoms with Crippen LogP contribution in [0.4, 0.5) is 16.2 Å². The van der Waals surface area contributed by atoms with Gasteiger partial charge in [-0.2, -0.15) is 0 Å². The Kier molecular flexibility index (Phi) is 3.71. The maximum atomic E-state index is 11.2. The number of nitrogens with one attached hydrogen (secondary N) is 1. The molecule has 3 amide bonds. The summed E-state index contributed by atoms with van der Waals surface area (Å²) in [7, 11) is 1.73. The zero-order valence-electron chi connectivity index (χ0n) is 8.93. The van der Waals surface area contributed by atoms with Crippen LogP contribution in [-0.4, -0.2) is 25.5 Å². The Labute approximate surface area is 93.2 Å². The summed E-state index contributed by atoms with van der Waals surface area (Å²) in [6.07, 6.45) is 0. The van der Waals surface area contributed by atoms with Crippen molar-refractivity contribution in [3.63, 3.8) is 0 Å². The van der Waals surface area contributed by atoms with Gasteiger partial charge in [0.2, 0.25) is 5.91 Å². The Bertz CT molecular complexity index is 388. The molecule has 0 spiro atoms. The zero-order chi connectivity index (χ0) is 12.1. The van der Waals surface area contributed by atoms with E-state index in [-0.39, 0.29) is 6.54 Å². The first-order chi connectivity index (χ1) is 7.49. The maximum absolute atomic E-state index is 11.2. The van der Waals surface area contributed by atoms with Crippen LogP contribution >= 0.6 is 0 Å². The average Bonchev–Trinajstić information content (AvgIpc) is 2.16. The molecule has 6 heteroatoms. The summed E-state index contributed by atoms with van der Waals surface area (Å²) < 4.78 is 0. The lowest BCUT2D eigenvalue weighted by Crippen LogP contribution is -2.41. The molecular formula is C10H14N4O2. The van der Waals surface area contributed by atoms with Crippen LogP contribution in [0.3, 0.4) is 0 Å². The Balaban J connectivity index is 2.58. The van der Waals surface area contributed by atoms with E-state index in [1.807, 2.05) is 5.32 Å². The van der Waals surface area contributed by atoms with E-state index in [4.69, 9.17) is 11.5 Å². The number of hydrogen-bond donors (Lipinski definition) is 3. The van der Waals surface area contributed by atoms with Gasteiger partial charge in [-0.3, -0.25) is 10.1 Å². The molecule has 0 aliphatic heterocycles. The van der Waals surface area contributed by atoms with Crippen molar-refractivity contribution in [1.29, 1.82) is 0 Å². The van der Waals surface area contributed by atoms with E-state index >= 15 is 0 Å². The predicted octanol–water partition coefficient (Wildman–Crippen LogP) is -0.100. The highest BCUT2D eigenvalue weighted by Gasteiger charge is 2.08. The van der Waals surface area contributed by atoms with Gasteiger partial charge in [0.25, 0.3) is 0 Å². The molecule has 16 heavy (non-hydrogen) atoms. The lowest BCUT2D eigenvalue weighted by Gasteiger charge is -2.18. The minimum Gasteiger partial charge on any atom is -0.399 e. The van der Waals surface area contributed by atoms with E-state index in [1.165, 1.54) is 0 Å². The normalized spacial score (nSPS) is 9.56. The molecule has 86 valence electrons. The lowest BCUT2D eigenvalue weighted by atomic mass is 10.2. The van der Waals surface area contributed by atoms with Crippen LogP contribution in [0.2, 0.25) is 0 Å². The second-order valence-corrected chi connectivity index (χ2v) is 3.36. The van der Waals surface area contributed by atoms with Crippen molar-refractivity contribution in [3.05, 3.63) is 24.3 Å². The van der Waals surface area contributed by atoms with Gasteiger partial charge in [-0.15, -0.1) is 0 Å². The number of amides is 3. The fraction of sp³-hybridized carbons (Fsp3) is 0.200. The van der Waals surface area contributed by atoms with Gasteiger partial charge >= 0.3 is 6.03 Å². The second-order valence-electron chi connectivity index (χ2n) is 3.36. The van der Waals surface area contributed by atoms with Crippen molar-refractivity contribution in [1.82, 2.24) is 5.32 Å². The lowest BCUT2D eigenvalue weighted by molar-refractivity contribution is -0.118. The fourth-order valence-corrected chi connectivity index (χ4v) is 1.21. The van der Waals surface area contributed by atoms with E-state index < -0.39 is 11.9 Å². The Morgan fingerprint density at radius 1 is 1.31 bits per heavy atom. The minimum absolute atomic E-state index is 0.0485. The number of nitrogen functional groups attached to an aromatic ring is 1. The number of anilines is 2. The first-order valence-corrected chi connectivity index (χ1v) is 4.65. The molecule has 0 saturated heterocycles. The molecule has 0 aliphatic carbocycles. The molecule has 1 aromatic rings. The number of primary amides is 1. The summed E-state index contributed by atoms with van der Waals surface area (Å²) in [6, 6.07) is 6.19. The van der Waals surface area contributed by atoms with Crippen molar-refractivity contribution in [3.8, 4) is 0 Å². The number of nitrogens with two attached hydrogens (primary N) is 2. The molecule has 1 aromatic carbocycles. The highest BCUT2D eigenvalue weighted by molar-refractivity contribution is 5.95. The standard InChI is InChI=1S/C10H14N4O2/c1-14(6-9(15)13-10(12)16)8-4-2-7(11)3-5-8/h2-5H,6,11H2,1H3,(H3,12,13,15,16). The van der Waals surface area contributed by atoms with Crippen LogP contribution in [-0.2, 0) is 4.79 Å². The molecule has 0 atom stereocenters. The van der Waals surface area contributed by atoms with Crippen LogP contribution < -0.4 is 21.7 Å². The average molecular weight is 222 g/mol. The predicted molar refractivity (Wildman–Crippen MR) is 61.9 cm³/mol. The van der Waals surface area contributed by atoms with E-state index in [2.05, 4.69) is 0 Å². The van der Waals surface area contributed by atoms with Crippen LogP contribution in [0, 0.1) is 0 Å². The summed E-state index contributed by atoms with van der Waals surface area (Å²) in [5, 5.41) is 1.99. The number of likely N-dealkylation sites (N-methyl/N-ethyl adjacent to an activating group) is 1. The number of urea groups is 1. The van der Waals surface area contributed by atoms with Crippen molar-refractivity contribution < 1.29 is 9.59 Å². The molecule has 0 aromatic heterocycles. The van der Waals surface area contributed by atoms with Gasteiger partial charge in [0, 0.05) is 18.4 Å². The van der Waals surface area contributed by atoms with E-state index in [9.17, 15) is 9.59 Å². The molecule has 0 radical (unpaired) electrons. The first kappa shape index (κ1) is 11.8. The number of benzene rings is 1. The third kappa shape index (κ3) is 3.49. The molecule has 0 aliphatic rings. The molecular weight excluding hydrogens is 208 g/mol. The number of carbonyl (C=O) groups excluding carboxylic acids is 2. The molecule has 0 bridgehead atoms. The number of hydrogen-bond acceptors (Lipinski definition) is 4. The van der Waals surface area contributed by atoms with Crippen LogP contribution in [0.25, 0.3) is 0 Å². The van der Waals surface area contributed by atoms with E-state index in [0.29, 0.717) is 5.69 Å². The fourth-order valence-electron chi connectivity index (χ4n) is 1.21. The Morgan fingerprint density at radius 3 is 2.38 bits per heavy atom. The second kappa shape index (κ2) is 5.01. The summed E-state index contributed by atoms with van der Waals surface area (Å²) in [5.41, 5.74) is 11.8. The largest absolute Gasteiger partial charge is 0.399 e. The zero-order valence-corrected chi connectivity index (χ0v) is 8.93. The van der Waals surface area contributed by atoms with Gasteiger partial charge in [0.1, 0.15) is 0 Å². The number of carbonyl (C=O) groups is 2. The van der Waals surface area contributed by atoms with Gasteiger partial charge in [0.05, 0.1) is 6.54 Å². The number of nitrogens with zero attached hydrogens (tertiary/aromatic N) is 1. The Morgan fingerprint density at radius 2 is 1.88 bits per heavy atom. The highest BCUT2D eigenvalue weighted by Crippen LogP contribution is 2.14. The van der Waals surface area contributed by atoms with E-state index in [1.54, 1.807) is 36.2 Å². The summed E-state index contributed by atoms with van der Waals surface area (Å²) in [5.74, 6) is -0.452. The quantitative estimate of drug-likeness (QED) is 0.621. The molecule has 0 heterocycles. The number of imide groups is 1. The number of rotatable bonds is 3.